The number of ether oxygens (including phenoxy) is 1. The van der Waals surface area contributed by atoms with E-state index < -0.39 is 12.1 Å². The summed E-state index contributed by atoms with van der Waals surface area (Å²) in [7, 11) is 1.68. The topological polar surface area (TPSA) is 46.6 Å². The summed E-state index contributed by atoms with van der Waals surface area (Å²) in [6, 6.07) is 15.0. The lowest BCUT2D eigenvalue weighted by Crippen LogP contribution is -2.37. The fraction of sp³-hybridized carbons (Fsp3) is 0.333. The molecule has 0 heterocycles. The third-order valence-electron chi connectivity index (χ3n) is 4.69. The first-order valence-corrected chi connectivity index (χ1v) is 8.71. The van der Waals surface area contributed by atoms with Gasteiger partial charge in [0.1, 0.15) is 0 Å². The number of anilines is 1. The highest BCUT2D eigenvalue weighted by atomic mass is 16.5. The standard InChI is InChI=1S/C21H23NO3/c1-15(20(23)22(2)19-10-4-3-5-11-19)25-21(24)18-13-12-16-8-6-7-9-17(16)14-18/h3-5,10-15H,6-9H2,1-2H3. The van der Waals surface area contributed by atoms with E-state index in [1.54, 1.807) is 20.0 Å². The minimum atomic E-state index is -0.839. The highest BCUT2D eigenvalue weighted by Gasteiger charge is 2.23. The molecular formula is C21H23NO3. The van der Waals surface area contributed by atoms with E-state index in [4.69, 9.17) is 4.74 Å². The van der Waals surface area contributed by atoms with E-state index in [1.807, 2.05) is 42.5 Å². The number of para-hydroxylation sites is 1. The first-order chi connectivity index (χ1) is 12.1. The summed E-state index contributed by atoms with van der Waals surface area (Å²) < 4.78 is 5.40. The molecule has 1 amide bonds. The van der Waals surface area contributed by atoms with Crippen molar-refractivity contribution in [1.82, 2.24) is 0 Å². The zero-order chi connectivity index (χ0) is 17.8. The van der Waals surface area contributed by atoms with Gasteiger partial charge in [0.25, 0.3) is 5.91 Å². The lowest BCUT2D eigenvalue weighted by atomic mass is 9.90. The average Bonchev–Trinajstić information content (AvgIpc) is 2.67. The minimum Gasteiger partial charge on any atom is -0.449 e. The van der Waals surface area contributed by atoms with Crippen molar-refractivity contribution in [2.75, 3.05) is 11.9 Å². The number of rotatable bonds is 4. The van der Waals surface area contributed by atoms with E-state index in [1.165, 1.54) is 22.4 Å². The Kier molecular flexibility index (Phi) is 5.17. The molecule has 0 aromatic heterocycles. The van der Waals surface area contributed by atoms with E-state index in [0.717, 1.165) is 24.9 Å². The lowest BCUT2D eigenvalue weighted by Gasteiger charge is -2.22. The predicted octanol–water partition coefficient (Wildman–Crippen LogP) is 3.77. The second-order valence-corrected chi connectivity index (χ2v) is 6.47. The number of hydrogen-bond acceptors (Lipinski definition) is 3. The molecule has 1 aliphatic rings. The maximum absolute atomic E-state index is 12.5. The number of benzene rings is 2. The number of esters is 1. The minimum absolute atomic E-state index is 0.252. The number of aryl methyl sites for hydroxylation is 2. The van der Waals surface area contributed by atoms with Crippen molar-refractivity contribution in [2.24, 2.45) is 0 Å². The molecule has 0 fully saturated rings. The molecule has 2 aromatic rings. The van der Waals surface area contributed by atoms with Crippen molar-refractivity contribution in [3.8, 4) is 0 Å². The quantitative estimate of drug-likeness (QED) is 0.798. The molecule has 1 unspecified atom stereocenters. The fourth-order valence-corrected chi connectivity index (χ4v) is 3.19. The van der Waals surface area contributed by atoms with Crippen molar-refractivity contribution in [1.29, 1.82) is 0 Å². The van der Waals surface area contributed by atoms with Crippen molar-refractivity contribution in [3.63, 3.8) is 0 Å². The third kappa shape index (κ3) is 3.90. The molecule has 0 radical (unpaired) electrons. The maximum Gasteiger partial charge on any atom is 0.338 e. The molecule has 25 heavy (non-hydrogen) atoms. The molecule has 0 N–H and O–H groups in total. The highest BCUT2D eigenvalue weighted by Crippen LogP contribution is 2.23. The van der Waals surface area contributed by atoms with Crippen LogP contribution in [0, 0.1) is 0 Å². The molecule has 2 aromatic carbocycles. The van der Waals surface area contributed by atoms with Gasteiger partial charge in [-0.3, -0.25) is 4.79 Å². The van der Waals surface area contributed by atoms with Crippen LogP contribution >= 0.6 is 0 Å². The Morgan fingerprint density at radius 2 is 1.68 bits per heavy atom. The molecule has 0 bridgehead atoms. The number of amides is 1. The fourth-order valence-electron chi connectivity index (χ4n) is 3.19. The first kappa shape index (κ1) is 17.2. The van der Waals surface area contributed by atoms with Gasteiger partial charge in [-0.25, -0.2) is 4.79 Å². The van der Waals surface area contributed by atoms with Crippen LogP contribution in [0.2, 0.25) is 0 Å². The molecule has 0 saturated carbocycles. The molecule has 0 spiro atoms. The number of likely N-dealkylation sites (N-methyl/N-ethyl adjacent to an activating group) is 1. The van der Waals surface area contributed by atoms with Gasteiger partial charge >= 0.3 is 5.97 Å². The predicted molar refractivity (Wildman–Crippen MR) is 97.8 cm³/mol. The Morgan fingerprint density at radius 3 is 2.40 bits per heavy atom. The first-order valence-electron chi connectivity index (χ1n) is 8.71. The van der Waals surface area contributed by atoms with Gasteiger partial charge in [-0.1, -0.05) is 24.3 Å². The second kappa shape index (κ2) is 7.51. The van der Waals surface area contributed by atoms with Gasteiger partial charge in [0, 0.05) is 12.7 Å². The van der Waals surface area contributed by atoms with Crippen LogP contribution in [-0.2, 0) is 22.4 Å². The van der Waals surface area contributed by atoms with Crippen molar-refractivity contribution < 1.29 is 14.3 Å². The van der Waals surface area contributed by atoms with E-state index in [2.05, 4.69) is 0 Å². The van der Waals surface area contributed by atoms with Gasteiger partial charge in [-0.05, 0) is 68.0 Å². The lowest BCUT2D eigenvalue weighted by molar-refractivity contribution is -0.126. The highest BCUT2D eigenvalue weighted by molar-refractivity contribution is 5.98. The summed E-state index contributed by atoms with van der Waals surface area (Å²) in [5.41, 5.74) is 3.82. The summed E-state index contributed by atoms with van der Waals surface area (Å²) in [5.74, 6) is -0.701. The smallest absolute Gasteiger partial charge is 0.338 e. The Labute approximate surface area is 148 Å². The normalized spacial score (nSPS) is 14.3. The van der Waals surface area contributed by atoms with Crippen molar-refractivity contribution in [2.45, 2.75) is 38.7 Å². The van der Waals surface area contributed by atoms with Gasteiger partial charge < -0.3 is 9.64 Å². The largest absolute Gasteiger partial charge is 0.449 e. The number of fused-ring (bicyclic) bond motifs is 1. The van der Waals surface area contributed by atoms with Gasteiger partial charge in [0.2, 0.25) is 0 Å². The monoisotopic (exact) mass is 337 g/mol. The third-order valence-corrected chi connectivity index (χ3v) is 4.69. The summed E-state index contributed by atoms with van der Waals surface area (Å²) in [6.45, 7) is 1.61. The molecule has 0 saturated heterocycles. The zero-order valence-electron chi connectivity index (χ0n) is 14.7. The summed E-state index contributed by atoms with van der Waals surface area (Å²) in [4.78, 5) is 26.4. The van der Waals surface area contributed by atoms with E-state index in [9.17, 15) is 9.59 Å². The maximum atomic E-state index is 12.5. The van der Waals surface area contributed by atoms with Gasteiger partial charge in [0.15, 0.2) is 6.10 Å². The Bertz CT molecular complexity index is 770. The van der Waals surface area contributed by atoms with Crippen molar-refractivity contribution in [3.05, 3.63) is 65.2 Å². The summed E-state index contributed by atoms with van der Waals surface area (Å²) in [5, 5.41) is 0. The SMILES string of the molecule is CC(OC(=O)c1ccc2c(c1)CCCC2)C(=O)N(C)c1ccccc1. The average molecular weight is 337 g/mol. The van der Waals surface area contributed by atoms with Crippen LogP contribution in [0.1, 0.15) is 41.3 Å². The molecule has 4 nitrogen and oxygen atoms in total. The van der Waals surface area contributed by atoms with Crippen LogP contribution in [0.25, 0.3) is 0 Å². The Hall–Kier alpha value is -2.62. The molecule has 130 valence electrons. The van der Waals surface area contributed by atoms with Gasteiger partial charge in [-0.2, -0.15) is 0 Å². The Morgan fingerprint density at radius 1 is 1.00 bits per heavy atom. The molecule has 1 atom stereocenters. The molecule has 0 aliphatic heterocycles. The Balaban J connectivity index is 1.67. The van der Waals surface area contributed by atoms with Crippen molar-refractivity contribution >= 4 is 17.6 Å². The van der Waals surface area contributed by atoms with Crippen LogP contribution in [-0.4, -0.2) is 25.0 Å². The summed E-state index contributed by atoms with van der Waals surface area (Å²) in [6.07, 6.45) is 3.59. The zero-order valence-corrected chi connectivity index (χ0v) is 14.7. The van der Waals surface area contributed by atoms with E-state index in [-0.39, 0.29) is 5.91 Å². The van der Waals surface area contributed by atoms with Crippen LogP contribution in [0.15, 0.2) is 48.5 Å². The van der Waals surface area contributed by atoms with E-state index >= 15 is 0 Å². The van der Waals surface area contributed by atoms with Crippen LogP contribution in [0.3, 0.4) is 0 Å². The van der Waals surface area contributed by atoms with E-state index in [0.29, 0.717) is 5.56 Å². The number of carbonyl (C=O) groups excluding carboxylic acids is 2. The summed E-state index contributed by atoms with van der Waals surface area (Å²) >= 11 is 0. The number of hydrogen-bond donors (Lipinski definition) is 0. The van der Waals surface area contributed by atoms with Crippen LogP contribution < -0.4 is 4.90 Å². The molecular weight excluding hydrogens is 314 g/mol. The number of nitrogens with zero attached hydrogens (tertiary/aromatic N) is 1. The number of carbonyl (C=O) groups is 2. The second-order valence-electron chi connectivity index (χ2n) is 6.47. The molecule has 4 heteroatoms. The van der Waals surface area contributed by atoms with Gasteiger partial charge in [-0.15, -0.1) is 0 Å². The van der Waals surface area contributed by atoms with Crippen LogP contribution in [0.5, 0.6) is 0 Å². The van der Waals surface area contributed by atoms with Gasteiger partial charge in [0.05, 0.1) is 5.56 Å². The molecule has 3 rings (SSSR count). The van der Waals surface area contributed by atoms with Crippen LogP contribution in [0.4, 0.5) is 5.69 Å². The molecule has 1 aliphatic carbocycles.